The van der Waals surface area contributed by atoms with E-state index in [1.54, 1.807) is 0 Å². The van der Waals surface area contributed by atoms with Gasteiger partial charge in [-0.2, -0.15) is 10.1 Å². The van der Waals surface area contributed by atoms with E-state index < -0.39 is 10.0 Å². The summed E-state index contributed by atoms with van der Waals surface area (Å²) < 4.78 is 24.6. The molecule has 13 heavy (non-hydrogen) atoms. The van der Waals surface area contributed by atoms with Gasteiger partial charge in [0.15, 0.2) is 0 Å². The molecule has 74 valence electrons. The molecule has 0 radical (unpaired) electrons. The number of H-pyrrole nitrogens is 1. The minimum atomic E-state index is -3.33. The third kappa shape index (κ3) is 3.60. The zero-order valence-corrected chi connectivity index (χ0v) is 8.27. The number of alkyl halides is 1. The molecule has 2 N–H and O–H groups in total. The number of hydrogen-bond acceptors (Lipinski definition) is 4. The molecular formula is C5H9ClN4O2S. The predicted octanol–water partition coefficient (Wildman–Crippen LogP) is 0.175. The summed E-state index contributed by atoms with van der Waals surface area (Å²) in [6.45, 7) is 0. The first kappa shape index (κ1) is 10.3. The SMILES string of the molecule is O=S(=O)(CCCCl)Nc1ncn[nH]1. The average Bonchev–Trinajstić information content (AvgIpc) is 2.52. The maximum atomic E-state index is 11.2. The highest BCUT2D eigenvalue weighted by atomic mass is 35.5. The first-order valence-corrected chi connectivity index (χ1v) is 5.74. The summed E-state index contributed by atoms with van der Waals surface area (Å²) in [4.78, 5) is 3.62. The van der Waals surface area contributed by atoms with Crippen molar-refractivity contribution in [1.29, 1.82) is 0 Å². The maximum Gasteiger partial charge on any atom is 0.235 e. The van der Waals surface area contributed by atoms with Crippen molar-refractivity contribution in [1.82, 2.24) is 15.2 Å². The molecule has 6 nitrogen and oxygen atoms in total. The quantitative estimate of drug-likeness (QED) is 0.699. The van der Waals surface area contributed by atoms with Gasteiger partial charge >= 0.3 is 0 Å². The van der Waals surface area contributed by atoms with E-state index in [2.05, 4.69) is 19.9 Å². The highest BCUT2D eigenvalue weighted by Crippen LogP contribution is 2.00. The van der Waals surface area contributed by atoms with E-state index in [-0.39, 0.29) is 11.7 Å². The fourth-order valence-corrected chi connectivity index (χ4v) is 2.01. The lowest BCUT2D eigenvalue weighted by Gasteiger charge is -2.02. The fourth-order valence-electron chi connectivity index (χ4n) is 0.698. The van der Waals surface area contributed by atoms with Gasteiger partial charge in [-0.25, -0.2) is 13.5 Å². The first-order chi connectivity index (χ1) is 6.14. The van der Waals surface area contributed by atoms with Gasteiger partial charge in [0.05, 0.1) is 5.75 Å². The van der Waals surface area contributed by atoms with Crippen molar-refractivity contribution in [3.8, 4) is 0 Å². The second-order valence-electron chi connectivity index (χ2n) is 2.30. The second-order valence-corrected chi connectivity index (χ2v) is 4.52. The molecule has 0 aromatic carbocycles. The van der Waals surface area contributed by atoms with Crippen LogP contribution in [0.15, 0.2) is 6.33 Å². The molecule has 0 atom stereocenters. The number of rotatable bonds is 5. The summed E-state index contributed by atoms with van der Waals surface area (Å²) >= 11 is 5.36. The van der Waals surface area contributed by atoms with Crippen LogP contribution in [-0.4, -0.2) is 35.2 Å². The molecular weight excluding hydrogens is 216 g/mol. The van der Waals surface area contributed by atoms with Crippen LogP contribution in [-0.2, 0) is 10.0 Å². The van der Waals surface area contributed by atoms with Gasteiger partial charge in [0.25, 0.3) is 0 Å². The molecule has 0 spiro atoms. The molecule has 0 aliphatic heterocycles. The number of nitrogens with zero attached hydrogens (tertiary/aromatic N) is 2. The zero-order valence-electron chi connectivity index (χ0n) is 6.70. The van der Waals surface area contributed by atoms with E-state index in [1.165, 1.54) is 6.33 Å². The highest BCUT2D eigenvalue weighted by molar-refractivity contribution is 7.92. The van der Waals surface area contributed by atoms with Gasteiger partial charge in [-0.3, -0.25) is 4.72 Å². The van der Waals surface area contributed by atoms with Crippen LogP contribution in [0.3, 0.4) is 0 Å². The van der Waals surface area contributed by atoms with Crippen LogP contribution in [0, 0.1) is 0 Å². The number of nitrogens with one attached hydrogen (secondary N) is 2. The molecule has 1 heterocycles. The minimum Gasteiger partial charge on any atom is -0.252 e. The van der Waals surface area contributed by atoms with Crippen LogP contribution < -0.4 is 4.72 Å². The van der Waals surface area contributed by atoms with Crippen molar-refractivity contribution in [3.05, 3.63) is 6.33 Å². The lowest BCUT2D eigenvalue weighted by Crippen LogP contribution is -2.17. The number of aromatic amines is 1. The van der Waals surface area contributed by atoms with E-state index in [4.69, 9.17) is 11.6 Å². The highest BCUT2D eigenvalue weighted by Gasteiger charge is 2.10. The third-order valence-electron chi connectivity index (χ3n) is 1.21. The maximum absolute atomic E-state index is 11.2. The van der Waals surface area contributed by atoms with Gasteiger partial charge in [-0.05, 0) is 6.42 Å². The molecule has 0 aliphatic rings. The van der Waals surface area contributed by atoms with E-state index in [9.17, 15) is 8.42 Å². The minimum absolute atomic E-state index is 0.0167. The molecule has 0 fully saturated rings. The topological polar surface area (TPSA) is 87.7 Å². The molecule has 0 saturated carbocycles. The van der Waals surface area contributed by atoms with Crippen LogP contribution in [0.2, 0.25) is 0 Å². The van der Waals surface area contributed by atoms with Gasteiger partial charge in [0.2, 0.25) is 16.0 Å². The normalized spacial score (nSPS) is 11.5. The molecule has 0 aliphatic carbocycles. The molecule has 0 bridgehead atoms. The van der Waals surface area contributed by atoms with E-state index in [0.717, 1.165) is 0 Å². The smallest absolute Gasteiger partial charge is 0.235 e. The summed E-state index contributed by atoms with van der Waals surface area (Å²) in [7, 11) is -3.33. The Morgan fingerprint density at radius 3 is 2.92 bits per heavy atom. The Kier molecular flexibility index (Phi) is 3.49. The number of aromatic nitrogens is 3. The van der Waals surface area contributed by atoms with Gasteiger partial charge in [-0.15, -0.1) is 11.6 Å². The van der Waals surface area contributed by atoms with Gasteiger partial charge < -0.3 is 0 Å². The summed E-state index contributed by atoms with van der Waals surface area (Å²) in [6, 6.07) is 0. The lowest BCUT2D eigenvalue weighted by atomic mass is 10.6. The Labute approximate surface area is 80.8 Å². The van der Waals surface area contributed by atoms with Crippen molar-refractivity contribution in [2.75, 3.05) is 16.4 Å². The van der Waals surface area contributed by atoms with Crippen molar-refractivity contribution in [2.24, 2.45) is 0 Å². The summed E-state index contributed by atoms with van der Waals surface area (Å²) in [5.74, 6) is 0.420. The van der Waals surface area contributed by atoms with E-state index in [1.807, 2.05) is 0 Å². The Hall–Kier alpha value is -0.820. The first-order valence-electron chi connectivity index (χ1n) is 3.56. The monoisotopic (exact) mass is 224 g/mol. The lowest BCUT2D eigenvalue weighted by molar-refractivity contribution is 0.599. The van der Waals surface area contributed by atoms with Crippen LogP contribution in [0.1, 0.15) is 6.42 Å². The molecule has 1 aromatic heterocycles. The molecule has 0 amide bonds. The standard InChI is InChI=1S/C5H9ClN4O2S/c6-2-1-3-13(11,12)10-5-7-4-8-9-5/h4H,1-3H2,(H2,7,8,9,10). The number of anilines is 1. The second kappa shape index (κ2) is 4.43. The summed E-state index contributed by atoms with van der Waals surface area (Å²) in [5.41, 5.74) is 0. The van der Waals surface area contributed by atoms with E-state index >= 15 is 0 Å². The number of halogens is 1. The molecule has 1 rings (SSSR count). The Bertz CT molecular complexity index is 335. The molecule has 1 aromatic rings. The number of hydrogen-bond donors (Lipinski definition) is 2. The van der Waals surface area contributed by atoms with Crippen LogP contribution >= 0.6 is 11.6 Å². The van der Waals surface area contributed by atoms with Crippen molar-refractivity contribution in [2.45, 2.75) is 6.42 Å². The molecule has 0 saturated heterocycles. The van der Waals surface area contributed by atoms with Gasteiger partial charge in [0.1, 0.15) is 6.33 Å². The zero-order chi connectivity index (χ0) is 9.73. The Morgan fingerprint density at radius 1 is 1.62 bits per heavy atom. The van der Waals surface area contributed by atoms with Crippen molar-refractivity contribution >= 4 is 27.6 Å². The van der Waals surface area contributed by atoms with Crippen LogP contribution in [0.25, 0.3) is 0 Å². The largest absolute Gasteiger partial charge is 0.252 e. The fraction of sp³-hybridized carbons (Fsp3) is 0.600. The van der Waals surface area contributed by atoms with E-state index in [0.29, 0.717) is 12.3 Å². The Morgan fingerprint density at radius 2 is 2.38 bits per heavy atom. The van der Waals surface area contributed by atoms with Crippen LogP contribution in [0.5, 0.6) is 0 Å². The van der Waals surface area contributed by atoms with Gasteiger partial charge in [0, 0.05) is 5.88 Å². The number of sulfonamides is 1. The van der Waals surface area contributed by atoms with Crippen molar-refractivity contribution < 1.29 is 8.42 Å². The van der Waals surface area contributed by atoms with Crippen LogP contribution in [0.4, 0.5) is 5.95 Å². The van der Waals surface area contributed by atoms with Gasteiger partial charge in [-0.1, -0.05) is 0 Å². The van der Waals surface area contributed by atoms with Crippen molar-refractivity contribution in [3.63, 3.8) is 0 Å². The average molecular weight is 225 g/mol. The summed E-state index contributed by atoms with van der Waals surface area (Å²) in [6.07, 6.45) is 1.63. The molecule has 0 unspecified atom stereocenters. The Balaban J connectivity index is 2.53. The predicted molar refractivity (Wildman–Crippen MR) is 49.1 cm³/mol. The molecule has 8 heteroatoms. The summed E-state index contributed by atoms with van der Waals surface area (Å²) in [5, 5.41) is 5.88. The third-order valence-corrected chi connectivity index (χ3v) is 2.81.